The van der Waals surface area contributed by atoms with E-state index in [2.05, 4.69) is 5.32 Å². The van der Waals surface area contributed by atoms with Crippen LogP contribution in [0.3, 0.4) is 0 Å². The number of carbonyl (C=O) groups is 1. The first-order valence-electron chi connectivity index (χ1n) is 7.50. The number of nitriles is 1. The van der Waals surface area contributed by atoms with Crippen LogP contribution in [-0.2, 0) is 14.1 Å². The van der Waals surface area contributed by atoms with Crippen LogP contribution in [0.25, 0.3) is 0 Å². The van der Waals surface area contributed by atoms with Crippen molar-refractivity contribution < 1.29 is 4.79 Å². The maximum Gasteiger partial charge on any atom is 0.274 e. The summed E-state index contributed by atoms with van der Waals surface area (Å²) in [5.41, 5.74) is 2.70. The van der Waals surface area contributed by atoms with Gasteiger partial charge in [0, 0.05) is 31.7 Å². The number of amides is 1. The van der Waals surface area contributed by atoms with Crippen molar-refractivity contribution in [3.63, 3.8) is 0 Å². The molecule has 1 aliphatic carbocycles. The minimum atomic E-state index is -0.339. The van der Waals surface area contributed by atoms with E-state index >= 15 is 0 Å². The van der Waals surface area contributed by atoms with E-state index in [0.29, 0.717) is 17.0 Å². The van der Waals surface area contributed by atoms with Crippen LogP contribution in [0.5, 0.6) is 0 Å². The van der Waals surface area contributed by atoms with Crippen LogP contribution in [0, 0.1) is 18.3 Å². The van der Waals surface area contributed by atoms with Gasteiger partial charge >= 0.3 is 0 Å². The second kappa shape index (κ2) is 5.43. The quantitative estimate of drug-likeness (QED) is 0.942. The van der Waals surface area contributed by atoms with Crippen molar-refractivity contribution in [3.8, 4) is 6.07 Å². The highest BCUT2D eigenvalue weighted by molar-refractivity contribution is 6.05. The number of nitrogens with zero attached hydrogens (tertiary/aromatic N) is 3. The normalized spacial score (nSPS) is 13.7. The van der Waals surface area contributed by atoms with Gasteiger partial charge in [0.1, 0.15) is 11.8 Å². The van der Waals surface area contributed by atoms with Crippen molar-refractivity contribution in [1.82, 2.24) is 9.13 Å². The molecule has 0 unspecified atom stereocenters. The lowest BCUT2D eigenvalue weighted by Crippen LogP contribution is -2.24. The Hall–Kier alpha value is -2.81. The molecule has 1 aliphatic rings. The summed E-state index contributed by atoms with van der Waals surface area (Å²) in [4.78, 5) is 24.7. The van der Waals surface area contributed by atoms with Gasteiger partial charge in [0.15, 0.2) is 0 Å². The highest BCUT2D eigenvalue weighted by atomic mass is 16.2. The molecule has 118 valence electrons. The van der Waals surface area contributed by atoms with Crippen molar-refractivity contribution in [1.29, 1.82) is 5.26 Å². The number of aryl methyl sites for hydroxylation is 1. The zero-order valence-corrected chi connectivity index (χ0v) is 13.4. The Morgan fingerprint density at radius 3 is 2.65 bits per heavy atom. The average Bonchev–Trinajstić information content (AvgIpc) is 3.31. The predicted molar refractivity (Wildman–Crippen MR) is 86.5 cm³/mol. The Morgan fingerprint density at radius 2 is 2.04 bits per heavy atom. The number of aromatic nitrogens is 2. The van der Waals surface area contributed by atoms with E-state index in [0.717, 1.165) is 24.2 Å². The first kappa shape index (κ1) is 15.1. The molecule has 0 saturated heterocycles. The van der Waals surface area contributed by atoms with Crippen molar-refractivity contribution in [2.45, 2.75) is 25.7 Å². The summed E-state index contributed by atoms with van der Waals surface area (Å²) in [5.74, 6) is 0.215. The monoisotopic (exact) mass is 310 g/mol. The molecule has 3 rings (SSSR count). The highest BCUT2D eigenvalue weighted by Crippen LogP contribution is 2.41. The summed E-state index contributed by atoms with van der Waals surface area (Å²) in [7, 11) is 3.51. The topological polar surface area (TPSA) is 79.8 Å². The molecule has 2 heterocycles. The van der Waals surface area contributed by atoms with Gasteiger partial charge in [0.05, 0.1) is 11.1 Å². The van der Waals surface area contributed by atoms with Gasteiger partial charge in [-0.05, 0) is 37.8 Å². The van der Waals surface area contributed by atoms with E-state index in [-0.39, 0.29) is 17.2 Å². The SMILES string of the molecule is Cc1c(C(=O)Nc2cc(C#N)cn(C)c2=O)cc(C2CC2)n1C. The third kappa shape index (κ3) is 2.66. The molecule has 2 aromatic heterocycles. The number of pyridine rings is 1. The molecular weight excluding hydrogens is 292 g/mol. The van der Waals surface area contributed by atoms with Gasteiger partial charge in [-0.15, -0.1) is 0 Å². The Morgan fingerprint density at radius 1 is 1.35 bits per heavy atom. The molecule has 0 aliphatic heterocycles. The Kier molecular flexibility index (Phi) is 3.57. The molecule has 0 bridgehead atoms. The molecule has 1 amide bonds. The van der Waals surface area contributed by atoms with Crippen LogP contribution in [0.4, 0.5) is 5.69 Å². The van der Waals surface area contributed by atoms with Gasteiger partial charge in [0.2, 0.25) is 0 Å². The smallest absolute Gasteiger partial charge is 0.274 e. The Bertz CT molecular complexity index is 895. The third-order valence-corrected chi connectivity index (χ3v) is 4.37. The average molecular weight is 310 g/mol. The lowest BCUT2D eigenvalue weighted by molar-refractivity contribution is 0.102. The minimum absolute atomic E-state index is 0.118. The molecule has 0 radical (unpaired) electrons. The zero-order chi connectivity index (χ0) is 16.7. The van der Waals surface area contributed by atoms with Crippen molar-refractivity contribution >= 4 is 11.6 Å². The van der Waals surface area contributed by atoms with Gasteiger partial charge in [-0.3, -0.25) is 9.59 Å². The van der Waals surface area contributed by atoms with Crippen LogP contribution < -0.4 is 10.9 Å². The molecule has 1 fully saturated rings. The first-order chi connectivity index (χ1) is 10.9. The second-order valence-corrected chi connectivity index (χ2v) is 6.03. The number of nitrogens with one attached hydrogen (secondary N) is 1. The van der Waals surface area contributed by atoms with Crippen molar-refractivity contribution in [3.05, 3.63) is 51.2 Å². The Labute approximate surface area is 134 Å². The van der Waals surface area contributed by atoms with Crippen LogP contribution in [-0.4, -0.2) is 15.0 Å². The second-order valence-electron chi connectivity index (χ2n) is 6.03. The molecule has 6 nitrogen and oxygen atoms in total. The summed E-state index contributed by atoms with van der Waals surface area (Å²) in [6.45, 7) is 1.89. The van der Waals surface area contributed by atoms with E-state index in [9.17, 15) is 9.59 Å². The number of rotatable bonds is 3. The molecule has 1 N–H and O–H groups in total. The molecule has 23 heavy (non-hydrogen) atoms. The van der Waals surface area contributed by atoms with Gasteiger partial charge in [-0.1, -0.05) is 0 Å². The van der Waals surface area contributed by atoms with Gasteiger partial charge < -0.3 is 14.5 Å². The molecule has 0 atom stereocenters. The molecule has 2 aromatic rings. The van der Waals surface area contributed by atoms with E-state index in [1.807, 2.05) is 30.7 Å². The molecular formula is C17H18N4O2. The standard InChI is InChI=1S/C17H18N4O2/c1-10-13(7-15(21(10)3)12-4-5-12)16(22)19-14-6-11(8-18)9-20(2)17(14)23/h6-7,9,12H,4-5H2,1-3H3,(H,19,22). The number of anilines is 1. The zero-order valence-electron chi connectivity index (χ0n) is 13.4. The number of hydrogen-bond donors (Lipinski definition) is 1. The summed E-state index contributed by atoms with van der Waals surface area (Å²) in [5, 5.41) is 11.6. The van der Waals surface area contributed by atoms with E-state index in [1.54, 1.807) is 7.05 Å². The lowest BCUT2D eigenvalue weighted by atomic mass is 10.2. The number of hydrogen-bond acceptors (Lipinski definition) is 3. The van der Waals surface area contributed by atoms with Crippen LogP contribution in [0.2, 0.25) is 0 Å². The fourth-order valence-corrected chi connectivity index (χ4v) is 2.78. The summed E-state index contributed by atoms with van der Waals surface area (Å²) in [6, 6.07) is 5.29. The van der Waals surface area contributed by atoms with E-state index < -0.39 is 0 Å². The largest absolute Gasteiger partial charge is 0.351 e. The van der Waals surface area contributed by atoms with Crippen LogP contribution in [0.1, 0.15) is 46.1 Å². The third-order valence-electron chi connectivity index (χ3n) is 4.37. The highest BCUT2D eigenvalue weighted by Gasteiger charge is 2.29. The molecule has 1 saturated carbocycles. The summed E-state index contributed by atoms with van der Waals surface area (Å²) < 4.78 is 3.33. The van der Waals surface area contributed by atoms with E-state index in [4.69, 9.17) is 5.26 Å². The maximum absolute atomic E-state index is 12.6. The fourth-order valence-electron chi connectivity index (χ4n) is 2.78. The van der Waals surface area contributed by atoms with Crippen LogP contribution in [0.15, 0.2) is 23.1 Å². The first-order valence-corrected chi connectivity index (χ1v) is 7.50. The van der Waals surface area contributed by atoms with Gasteiger partial charge in [-0.2, -0.15) is 5.26 Å². The summed E-state index contributed by atoms with van der Waals surface area (Å²) >= 11 is 0. The minimum Gasteiger partial charge on any atom is -0.351 e. The predicted octanol–water partition coefficient (Wildman–Crippen LogP) is 2.03. The van der Waals surface area contributed by atoms with Gasteiger partial charge in [-0.25, -0.2) is 0 Å². The van der Waals surface area contributed by atoms with Crippen molar-refractivity contribution in [2.75, 3.05) is 5.32 Å². The molecule has 0 spiro atoms. The fraction of sp³-hybridized carbons (Fsp3) is 0.353. The molecule has 0 aromatic carbocycles. The van der Waals surface area contributed by atoms with Crippen LogP contribution >= 0.6 is 0 Å². The number of carbonyl (C=O) groups excluding carboxylic acids is 1. The van der Waals surface area contributed by atoms with E-state index in [1.165, 1.54) is 16.8 Å². The molecule has 6 heteroatoms. The van der Waals surface area contributed by atoms with Gasteiger partial charge in [0.25, 0.3) is 11.5 Å². The lowest BCUT2D eigenvalue weighted by Gasteiger charge is -2.07. The van der Waals surface area contributed by atoms with Crippen molar-refractivity contribution in [2.24, 2.45) is 14.1 Å². The Balaban J connectivity index is 1.94. The maximum atomic E-state index is 12.6. The summed E-state index contributed by atoms with van der Waals surface area (Å²) in [6.07, 6.45) is 3.75.